The van der Waals surface area contributed by atoms with Gasteiger partial charge in [-0.3, -0.25) is 10.1 Å². The lowest BCUT2D eigenvalue weighted by atomic mass is 10.0. The number of benzene rings is 1. The van der Waals surface area contributed by atoms with Crippen molar-refractivity contribution in [3.05, 3.63) is 32.8 Å². The number of carbonyl (C=O) groups is 1. The van der Waals surface area contributed by atoms with Gasteiger partial charge in [-0.1, -0.05) is 18.5 Å². The van der Waals surface area contributed by atoms with E-state index < -0.39 is 22.2 Å². The summed E-state index contributed by atoms with van der Waals surface area (Å²) in [7, 11) is 0. The molecule has 0 fully saturated rings. The Kier molecular flexibility index (Phi) is 4.91. The third-order valence-electron chi connectivity index (χ3n) is 2.92. The second kappa shape index (κ2) is 6.06. The molecule has 0 radical (unpaired) electrons. The van der Waals surface area contributed by atoms with Crippen LogP contribution in [0, 0.1) is 10.1 Å². The number of non-ortho nitro benzene ring substituents is 1. The van der Waals surface area contributed by atoms with E-state index in [9.17, 15) is 20.0 Å². The lowest BCUT2D eigenvalue weighted by Crippen LogP contribution is -2.32. The van der Waals surface area contributed by atoms with Crippen molar-refractivity contribution in [2.75, 3.05) is 11.9 Å². The molecule has 20 heavy (non-hydrogen) atoms. The number of carboxylic acids is 1. The molecular formula is C12H15ClN2O5. The first kappa shape index (κ1) is 16.2. The van der Waals surface area contributed by atoms with Crippen LogP contribution in [0.5, 0.6) is 0 Å². The number of rotatable bonds is 6. The highest BCUT2D eigenvalue weighted by Gasteiger charge is 2.23. The first-order valence-electron chi connectivity index (χ1n) is 5.85. The number of anilines is 1. The van der Waals surface area contributed by atoms with Gasteiger partial charge in [-0.25, -0.2) is 4.79 Å². The van der Waals surface area contributed by atoms with E-state index in [-0.39, 0.29) is 22.8 Å². The van der Waals surface area contributed by atoms with Crippen LogP contribution in [0.25, 0.3) is 0 Å². The van der Waals surface area contributed by atoms with Crippen molar-refractivity contribution < 1.29 is 19.9 Å². The van der Waals surface area contributed by atoms with Crippen molar-refractivity contribution in [3.63, 3.8) is 0 Å². The number of nitro benzene ring substituents is 1. The molecule has 0 saturated carbocycles. The van der Waals surface area contributed by atoms with Gasteiger partial charge in [-0.15, -0.1) is 0 Å². The summed E-state index contributed by atoms with van der Waals surface area (Å²) in [5, 5.41) is 32.3. The van der Waals surface area contributed by atoms with E-state index in [2.05, 4.69) is 5.32 Å². The van der Waals surface area contributed by atoms with Gasteiger partial charge in [0.25, 0.3) is 5.69 Å². The van der Waals surface area contributed by atoms with Gasteiger partial charge in [0.2, 0.25) is 0 Å². The maximum absolute atomic E-state index is 11.2. The molecule has 0 aliphatic carbocycles. The zero-order valence-electron chi connectivity index (χ0n) is 11.0. The summed E-state index contributed by atoms with van der Waals surface area (Å²) in [5.74, 6) is -1.34. The number of nitrogens with one attached hydrogen (secondary N) is 1. The Morgan fingerprint density at radius 3 is 2.60 bits per heavy atom. The fourth-order valence-corrected chi connectivity index (χ4v) is 1.73. The van der Waals surface area contributed by atoms with E-state index in [4.69, 9.17) is 16.7 Å². The lowest BCUT2D eigenvalue weighted by molar-refractivity contribution is -0.384. The van der Waals surface area contributed by atoms with Crippen LogP contribution in [0.3, 0.4) is 0 Å². The van der Waals surface area contributed by atoms with E-state index in [1.54, 1.807) is 13.8 Å². The summed E-state index contributed by atoms with van der Waals surface area (Å²) >= 11 is 5.88. The predicted molar refractivity (Wildman–Crippen MR) is 74.5 cm³/mol. The normalized spacial score (nSPS) is 13.6. The number of aromatic carboxylic acids is 1. The number of carboxylic acid groups (broad SMARTS) is 1. The van der Waals surface area contributed by atoms with E-state index in [1.807, 2.05) is 0 Å². The Balaban J connectivity index is 3.18. The molecule has 0 heterocycles. The molecule has 0 aliphatic heterocycles. The molecule has 0 aromatic heterocycles. The summed E-state index contributed by atoms with van der Waals surface area (Å²) in [6.07, 6.45) is 0.451. The molecule has 0 bridgehead atoms. The van der Waals surface area contributed by atoms with E-state index in [1.165, 1.54) is 0 Å². The van der Waals surface area contributed by atoms with Crippen LogP contribution >= 0.6 is 11.6 Å². The monoisotopic (exact) mass is 302 g/mol. The second-order valence-corrected chi connectivity index (χ2v) is 5.02. The molecule has 1 aromatic carbocycles. The van der Waals surface area contributed by atoms with Gasteiger partial charge in [-0.05, 0) is 13.3 Å². The smallest absolute Gasteiger partial charge is 0.338 e. The maximum Gasteiger partial charge on any atom is 0.338 e. The lowest BCUT2D eigenvalue weighted by Gasteiger charge is -2.23. The number of hydrogen-bond acceptors (Lipinski definition) is 5. The van der Waals surface area contributed by atoms with Gasteiger partial charge in [0, 0.05) is 18.7 Å². The highest BCUT2D eigenvalue weighted by molar-refractivity contribution is 6.34. The SMILES string of the molecule is CCC(C)(O)CNc1c(Cl)cc([N+](=O)[O-])cc1C(=O)O. The molecule has 0 spiro atoms. The number of nitrogens with zero attached hydrogens (tertiary/aromatic N) is 1. The fourth-order valence-electron chi connectivity index (χ4n) is 1.45. The first-order chi connectivity index (χ1) is 9.18. The summed E-state index contributed by atoms with van der Waals surface area (Å²) in [4.78, 5) is 21.1. The molecular weight excluding hydrogens is 288 g/mol. The summed E-state index contributed by atoms with van der Waals surface area (Å²) < 4.78 is 0. The van der Waals surface area contributed by atoms with Gasteiger partial charge in [0.05, 0.1) is 26.8 Å². The third-order valence-corrected chi connectivity index (χ3v) is 3.22. The topological polar surface area (TPSA) is 113 Å². The Labute approximate surface area is 120 Å². The van der Waals surface area contributed by atoms with Gasteiger partial charge in [0.1, 0.15) is 0 Å². The van der Waals surface area contributed by atoms with Crippen molar-refractivity contribution in [3.8, 4) is 0 Å². The number of nitro groups is 1. The van der Waals surface area contributed by atoms with Gasteiger partial charge >= 0.3 is 5.97 Å². The average molecular weight is 303 g/mol. The summed E-state index contributed by atoms with van der Waals surface area (Å²) in [6, 6.07) is 1.99. The fraction of sp³-hybridized carbons (Fsp3) is 0.417. The average Bonchev–Trinajstić information content (AvgIpc) is 2.36. The zero-order chi connectivity index (χ0) is 15.5. The molecule has 0 amide bonds. The quantitative estimate of drug-likeness (QED) is 0.549. The third kappa shape index (κ3) is 3.82. The molecule has 7 nitrogen and oxygen atoms in total. The number of halogens is 1. The Morgan fingerprint density at radius 2 is 2.15 bits per heavy atom. The van der Waals surface area contributed by atoms with Crippen LogP contribution in [0.1, 0.15) is 30.6 Å². The molecule has 1 unspecified atom stereocenters. The predicted octanol–water partition coefficient (Wildman–Crippen LogP) is 2.52. The van der Waals surface area contributed by atoms with E-state index in [0.29, 0.717) is 6.42 Å². The van der Waals surface area contributed by atoms with Crippen molar-refractivity contribution in [2.24, 2.45) is 0 Å². The number of hydrogen-bond donors (Lipinski definition) is 3. The molecule has 1 aromatic rings. The molecule has 110 valence electrons. The molecule has 0 saturated heterocycles. The molecule has 0 aliphatic rings. The zero-order valence-corrected chi connectivity index (χ0v) is 11.8. The highest BCUT2D eigenvalue weighted by atomic mass is 35.5. The standard InChI is InChI=1S/C12H15ClN2O5/c1-3-12(2,18)6-14-10-8(11(16)17)4-7(15(19)20)5-9(10)13/h4-5,14,18H,3,6H2,1-2H3,(H,16,17). The van der Waals surface area contributed by atoms with Crippen LogP contribution in [-0.4, -0.2) is 33.3 Å². The van der Waals surface area contributed by atoms with Gasteiger partial charge < -0.3 is 15.5 Å². The second-order valence-electron chi connectivity index (χ2n) is 4.62. The highest BCUT2D eigenvalue weighted by Crippen LogP contribution is 2.31. The largest absolute Gasteiger partial charge is 0.478 e. The van der Waals surface area contributed by atoms with Crippen LogP contribution in [0.2, 0.25) is 5.02 Å². The maximum atomic E-state index is 11.2. The van der Waals surface area contributed by atoms with Crippen molar-refractivity contribution >= 4 is 28.9 Å². The Hall–Kier alpha value is -1.86. The molecule has 3 N–H and O–H groups in total. The van der Waals surface area contributed by atoms with Crippen LogP contribution in [-0.2, 0) is 0 Å². The van der Waals surface area contributed by atoms with Crippen molar-refractivity contribution in [1.29, 1.82) is 0 Å². The van der Waals surface area contributed by atoms with Gasteiger partial charge in [-0.2, -0.15) is 0 Å². The van der Waals surface area contributed by atoms with E-state index in [0.717, 1.165) is 12.1 Å². The minimum absolute atomic E-state index is 0.0542. The van der Waals surface area contributed by atoms with Crippen LogP contribution < -0.4 is 5.32 Å². The van der Waals surface area contributed by atoms with Crippen molar-refractivity contribution in [2.45, 2.75) is 25.9 Å². The van der Waals surface area contributed by atoms with E-state index >= 15 is 0 Å². The minimum atomic E-state index is -1.34. The van der Waals surface area contributed by atoms with Crippen LogP contribution in [0.15, 0.2) is 12.1 Å². The summed E-state index contributed by atoms with van der Waals surface area (Å²) in [5.41, 5.74) is -1.70. The van der Waals surface area contributed by atoms with Gasteiger partial charge in [0.15, 0.2) is 0 Å². The summed E-state index contributed by atoms with van der Waals surface area (Å²) in [6.45, 7) is 3.43. The Morgan fingerprint density at radius 1 is 1.55 bits per heavy atom. The molecule has 1 atom stereocenters. The molecule has 1 rings (SSSR count). The first-order valence-corrected chi connectivity index (χ1v) is 6.23. The molecule has 8 heteroatoms. The Bertz CT molecular complexity index is 545. The van der Waals surface area contributed by atoms with Crippen molar-refractivity contribution in [1.82, 2.24) is 0 Å². The number of aliphatic hydroxyl groups is 1. The van der Waals surface area contributed by atoms with Crippen LogP contribution in [0.4, 0.5) is 11.4 Å². The minimum Gasteiger partial charge on any atom is -0.478 e.